The van der Waals surface area contributed by atoms with Gasteiger partial charge in [0, 0.05) is 14.5 Å². The van der Waals surface area contributed by atoms with E-state index in [1.807, 2.05) is 0 Å². The van der Waals surface area contributed by atoms with Crippen LogP contribution in [0, 0.1) is 6.92 Å². The number of fused-ring (bicyclic) bond motifs is 1. The number of halogens is 5. The summed E-state index contributed by atoms with van der Waals surface area (Å²) in [5.74, 6) is 0. The van der Waals surface area contributed by atoms with Gasteiger partial charge in [0.05, 0.1) is 10.9 Å². The van der Waals surface area contributed by atoms with Gasteiger partial charge in [0.15, 0.2) is 5.43 Å². The van der Waals surface area contributed by atoms with Crippen molar-refractivity contribution in [3.63, 3.8) is 0 Å². The van der Waals surface area contributed by atoms with Gasteiger partial charge in [-0.1, -0.05) is 0 Å². The molecule has 0 saturated carbocycles. The molecule has 1 aromatic heterocycles. The van der Waals surface area contributed by atoms with Crippen molar-refractivity contribution < 1.29 is 13.2 Å². The van der Waals surface area contributed by atoms with Crippen molar-refractivity contribution >= 4 is 42.8 Å². The SMILES string of the molecule is Cc1c(C(F)(F)F)[nH]c2c(Br)ccc(Br)c2c1=O. The Balaban J connectivity index is 3.02. The van der Waals surface area contributed by atoms with Crippen molar-refractivity contribution in [1.29, 1.82) is 0 Å². The van der Waals surface area contributed by atoms with Gasteiger partial charge < -0.3 is 4.98 Å². The molecule has 0 fully saturated rings. The van der Waals surface area contributed by atoms with Gasteiger partial charge in [0.2, 0.25) is 0 Å². The molecule has 0 atom stereocenters. The van der Waals surface area contributed by atoms with E-state index in [0.29, 0.717) is 8.95 Å². The Morgan fingerprint density at radius 1 is 1.17 bits per heavy atom. The summed E-state index contributed by atoms with van der Waals surface area (Å²) < 4.78 is 39.2. The highest BCUT2D eigenvalue weighted by Crippen LogP contribution is 2.33. The van der Waals surface area contributed by atoms with E-state index >= 15 is 0 Å². The molecular weight excluding hydrogens is 379 g/mol. The normalized spacial score (nSPS) is 12.1. The largest absolute Gasteiger partial charge is 0.431 e. The molecule has 0 aliphatic rings. The molecule has 0 aliphatic heterocycles. The molecule has 0 spiro atoms. The lowest BCUT2D eigenvalue weighted by Gasteiger charge is -2.12. The first-order valence-corrected chi connectivity index (χ1v) is 6.40. The van der Waals surface area contributed by atoms with Crippen LogP contribution in [0.25, 0.3) is 10.9 Å². The quantitative estimate of drug-likeness (QED) is 0.718. The predicted molar refractivity (Wildman–Crippen MR) is 69.7 cm³/mol. The third kappa shape index (κ3) is 2.09. The minimum atomic E-state index is -4.58. The number of aromatic amines is 1. The summed E-state index contributed by atoms with van der Waals surface area (Å²) in [5.41, 5.74) is -1.86. The number of rotatable bonds is 0. The molecule has 1 aromatic carbocycles. The lowest BCUT2D eigenvalue weighted by atomic mass is 10.1. The molecule has 0 aliphatic carbocycles. The zero-order valence-corrected chi connectivity index (χ0v) is 12.1. The number of hydrogen-bond donors (Lipinski definition) is 1. The lowest BCUT2D eigenvalue weighted by Crippen LogP contribution is -2.19. The minimum Gasteiger partial charge on any atom is -0.350 e. The van der Waals surface area contributed by atoms with Crippen molar-refractivity contribution in [2.75, 3.05) is 0 Å². The van der Waals surface area contributed by atoms with Crippen LogP contribution < -0.4 is 5.43 Å². The number of benzene rings is 1. The maximum Gasteiger partial charge on any atom is 0.431 e. The molecule has 0 amide bonds. The molecule has 18 heavy (non-hydrogen) atoms. The maximum atomic E-state index is 12.8. The second kappa shape index (κ2) is 4.38. The first kappa shape index (κ1) is 13.6. The lowest BCUT2D eigenvalue weighted by molar-refractivity contribution is -0.141. The van der Waals surface area contributed by atoms with Crippen LogP contribution in [0.1, 0.15) is 11.3 Å². The van der Waals surface area contributed by atoms with Crippen molar-refractivity contribution in [3.05, 3.63) is 42.6 Å². The smallest absolute Gasteiger partial charge is 0.350 e. The topological polar surface area (TPSA) is 32.9 Å². The van der Waals surface area contributed by atoms with Crippen LogP contribution in [0.3, 0.4) is 0 Å². The number of alkyl halides is 3. The first-order chi connectivity index (χ1) is 8.23. The third-order valence-electron chi connectivity index (χ3n) is 2.58. The standard InChI is InChI=1S/C11H6Br2F3NO/c1-4-9(18)7-5(12)2-3-6(13)8(7)17-10(4)11(14,15)16/h2-3H,1H3,(H,17,18). The molecule has 96 valence electrons. The molecule has 1 heterocycles. The van der Waals surface area contributed by atoms with Crippen LogP contribution in [0.4, 0.5) is 13.2 Å². The Kier molecular flexibility index (Phi) is 3.31. The van der Waals surface area contributed by atoms with Gasteiger partial charge in [-0.2, -0.15) is 13.2 Å². The molecule has 0 unspecified atom stereocenters. The van der Waals surface area contributed by atoms with Crippen LogP contribution in [0.5, 0.6) is 0 Å². The van der Waals surface area contributed by atoms with E-state index in [4.69, 9.17) is 0 Å². The van der Waals surface area contributed by atoms with Crippen molar-refractivity contribution in [2.24, 2.45) is 0 Å². The summed E-state index contributed by atoms with van der Waals surface area (Å²) in [7, 11) is 0. The zero-order chi connectivity index (χ0) is 13.7. The highest BCUT2D eigenvalue weighted by Gasteiger charge is 2.35. The Bertz CT molecular complexity index is 691. The predicted octanol–water partition coefficient (Wildman–Crippen LogP) is 4.38. The number of aromatic nitrogens is 1. The monoisotopic (exact) mass is 383 g/mol. The average Bonchev–Trinajstić information content (AvgIpc) is 2.26. The van der Waals surface area contributed by atoms with Crippen molar-refractivity contribution in [1.82, 2.24) is 4.98 Å². The van der Waals surface area contributed by atoms with E-state index in [9.17, 15) is 18.0 Å². The van der Waals surface area contributed by atoms with Crippen LogP contribution in [0.15, 0.2) is 25.9 Å². The van der Waals surface area contributed by atoms with Gasteiger partial charge >= 0.3 is 6.18 Å². The molecular formula is C11H6Br2F3NO. The highest BCUT2D eigenvalue weighted by atomic mass is 79.9. The van der Waals surface area contributed by atoms with Gasteiger partial charge in [0.25, 0.3) is 0 Å². The Morgan fingerprint density at radius 2 is 1.72 bits per heavy atom. The van der Waals surface area contributed by atoms with E-state index in [2.05, 4.69) is 36.8 Å². The van der Waals surface area contributed by atoms with Crippen molar-refractivity contribution in [3.8, 4) is 0 Å². The van der Waals surface area contributed by atoms with E-state index in [-0.39, 0.29) is 16.5 Å². The van der Waals surface area contributed by atoms with Crippen LogP contribution in [-0.2, 0) is 6.18 Å². The number of hydrogen-bond acceptors (Lipinski definition) is 1. The molecule has 0 bridgehead atoms. The minimum absolute atomic E-state index is 0.132. The second-order valence-corrected chi connectivity index (χ2v) is 5.44. The summed E-state index contributed by atoms with van der Waals surface area (Å²) in [4.78, 5) is 14.3. The van der Waals surface area contributed by atoms with Gasteiger partial charge in [-0.05, 0) is 50.9 Å². The van der Waals surface area contributed by atoms with E-state index < -0.39 is 17.3 Å². The second-order valence-electron chi connectivity index (χ2n) is 3.73. The molecule has 2 rings (SSSR count). The Hall–Kier alpha value is -0.820. The molecule has 7 heteroatoms. The number of nitrogens with one attached hydrogen (secondary N) is 1. The molecule has 2 aromatic rings. The molecule has 1 N–H and O–H groups in total. The van der Waals surface area contributed by atoms with Crippen LogP contribution in [-0.4, -0.2) is 4.98 Å². The fourth-order valence-electron chi connectivity index (χ4n) is 1.70. The van der Waals surface area contributed by atoms with Crippen molar-refractivity contribution in [2.45, 2.75) is 13.1 Å². The maximum absolute atomic E-state index is 12.8. The van der Waals surface area contributed by atoms with Crippen LogP contribution >= 0.6 is 31.9 Å². The molecule has 0 saturated heterocycles. The van der Waals surface area contributed by atoms with E-state index in [0.717, 1.165) is 6.92 Å². The summed E-state index contributed by atoms with van der Waals surface area (Å²) in [6.45, 7) is 1.16. The average molecular weight is 385 g/mol. The summed E-state index contributed by atoms with van der Waals surface area (Å²) in [6.07, 6.45) is -4.58. The highest BCUT2D eigenvalue weighted by molar-refractivity contribution is 9.11. The molecule has 2 nitrogen and oxygen atoms in total. The van der Waals surface area contributed by atoms with Gasteiger partial charge in [-0.25, -0.2) is 0 Å². The summed E-state index contributed by atoms with van der Waals surface area (Å²) in [6, 6.07) is 3.17. The fourth-order valence-corrected chi connectivity index (χ4v) is 2.64. The van der Waals surface area contributed by atoms with Crippen LogP contribution in [0.2, 0.25) is 0 Å². The summed E-state index contributed by atoms with van der Waals surface area (Å²) >= 11 is 6.30. The van der Waals surface area contributed by atoms with E-state index in [1.54, 1.807) is 12.1 Å². The summed E-state index contributed by atoms with van der Waals surface area (Å²) in [5, 5.41) is 0.204. The number of H-pyrrole nitrogens is 1. The zero-order valence-electron chi connectivity index (χ0n) is 8.95. The van der Waals surface area contributed by atoms with Gasteiger partial charge in [0.1, 0.15) is 5.69 Å². The Morgan fingerprint density at radius 3 is 2.28 bits per heavy atom. The molecule has 0 radical (unpaired) electrons. The first-order valence-electron chi connectivity index (χ1n) is 4.81. The third-order valence-corrected chi connectivity index (χ3v) is 3.90. The van der Waals surface area contributed by atoms with Gasteiger partial charge in [-0.15, -0.1) is 0 Å². The Labute approximate surface area is 116 Å². The number of pyridine rings is 1. The van der Waals surface area contributed by atoms with E-state index in [1.165, 1.54) is 0 Å². The fraction of sp³-hybridized carbons (Fsp3) is 0.182. The van der Waals surface area contributed by atoms with Gasteiger partial charge in [-0.3, -0.25) is 4.79 Å².